The van der Waals surface area contributed by atoms with Crippen LogP contribution in [0.5, 0.6) is 0 Å². The lowest BCUT2D eigenvalue weighted by Gasteiger charge is -2.08. The van der Waals surface area contributed by atoms with Crippen LogP contribution in [0, 0.1) is 44.1 Å². The Kier molecular flexibility index (Phi) is 4.56. The average molecular weight is 283 g/mol. The summed E-state index contributed by atoms with van der Waals surface area (Å²) in [5.41, 5.74) is -2.08. The quantitative estimate of drug-likeness (QED) is 0.477. The molecule has 0 heterocycles. The topological polar surface area (TPSA) is 164 Å². The molecule has 1 rings (SSSR count). The van der Waals surface area contributed by atoms with Crippen molar-refractivity contribution in [2.45, 2.75) is 0 Å². The number of benzene rings is 1. The number of nitro groups is 1. The predicted octanol–water partition coefficient (Wildman–Crippen LogP) is 1.53. The van der Waals surface area contributed by atoms with E-state index in [9.17, 15) is 14.9 Å². The van der Waals surface area contributed by atoms with Crippen molar-refractivity contribution in [2.75, 3.05) is 5.32 Å². The van der Waals surface area contributed by atoms with Gasteiger partial charge in [0.1, 0.15) is 23.9 Å². The maximum absolute atomic E-state index is 11.0. The number of carbonyl (C=O) groups is 1. The van der Waals surface area contributed by atoms with E-state index in [1.165, 1.54) is 18.2 Å². The summed E-state index contributed by atoms with van der Waals surface area (Å²) in [7, 11) is 0. The molecular formula is C12H5N5O4. The molecule has 1 aromatic rings. The average Bonchev–Trinajstić information content (AvgIpc) is 2.46. The van der Waals surface area contributed by atoms with Crippen LogP contribution in [-0.4, -0.2) is 16.0 Å². The van der Waals surface area contributed by atoms with Crippen molar-refractivity contribution in [3.8, 4) is 18.2 Å². The summed E-state index contributed by atoms with van der Waals surface area (Å²) < 4.78 is 0. The van der Waals surface area contributed by atoms with Gasteiger partial charge in [-0.05, 0) is 6.07 Å². The van der Waals surface area contributed by atoms with Gasteiger partial charge in [-0.25, -0.2) is 4.79 Å². The van der Waals surface area contributed by atoms with E-state index in [4.69, 9.17) is 20.9 Å². The molecular weight excluding hydrogens is 278 g/mol. The Hall–Kier alpha value is -3.90. The molecule has 0 unspecified atom stereocenters. The molecule has 0 radical (unpaired) electrons. The molecule has 0 aliphatic heterocycles. The smallest absolute Gasteiger partial charge is 0.337 e. The van der Waals surface area contributed by atoms with Gasteiger partial charge in [-0.1, -0.05) is 0 Å². The molecule has 2 N–H and O–H groups in total. The number of nitro benzene ring substituents is 1. The van der Waals surface area contributed by atoms with Crippen molar-refractivity contribution in [3.05, 3.63) is 45.1 Å². The van der Waals surface area contributed by atoms with Crippen molar-refractivity contribution < 1.29 is 14.8 Å². The molecule has 0 aromatic heterocycles. The standard InChI is InChI=1S/C12H5N5O4/c13-4-7(5-14)11(6-15)16-10-3-8(17(20)21)1-2-9(10)12(18)19/h1-3,16H,(H,18,19). The molecule has 0 saturated carbocycles. The number of nitrogens with one attached hydrogen (secondary N) is 1. The monoisotopic (exact) mass is 283 g/mol. The molecule has 0 aliphatic rings. The highest BCUT2D eigenvalue weighted by atomic mass is 16.6. The minimum Gasteiger partial charge on any atom is -0.478 e. The van der Waals surface area contributed by atoms with Crippen LogP contribution in [-0.2, 0) is 0 Å². The van der Waals surface area contributed by atoms with Gasteiger partial charge in [0.15, 0.2) is 5.57 Å². The maximum atomic E-state index is 11.0. The molecule has 0 atom stereocenters. The summed E-state index contributed by atoms with van der Waals surface area (Å²) in [6.07, 6.45) is 0. The summed E-state index contributed by atoms with van der Waals surface area (Å²) in [6.45, 7) is 0. The number of nitriles is 3. The van der Waals surface area contributed by atoms with Crippen LogP contribution in [0.3, 0.4) is 0 Å². The van der Waals surface area contributed by atoms with Gasteiger partial charge in [0.25, 0.3) is 5.69 Å². The number of carboxylic acid groups (broad SMARTS) is 1. The Balaban J connectivity index is 3.46. The molecule has 0 saturated heterocycles. The molecule has 0 aliphatic carbocycles. The molecule has 9 heteroatoms. The number of carboxylic acids is 1. The van der Waals surface area contributed by atoms with E-state index in [2.05, 4.69) is 5.32 Å². The van der Waals surface area contributed by atoms with Gasteiger partial charge in [-0.2, -0.15) is 15.8 Å². The lowest BCUT2D eigenvalue weighted by atomic mass is 10.1. The maximum Gasteiger partial charge on any atom is 0.337 e. The van der Waals surface area contributed by atoms with Crippen LogP contribution >= 0.6 is 0 Å². The first-order valence-corrected chi connectivity index (χ1v) is 5.18. The third-order valence-electron chi connectivity index (χ3n) is 2.29. The molecule has 9 nitrogen and oxygen atoms in total. The van der Waals surface area contributed by atoms with Crippen molar-refractivity contribution in [1.82, 2.24) is 0 Å². The van der Waals surface area contributed by atoms with Crippen molar-refractivity contribution in [1.29, 1.82) is 15.8 Å². The number of hydrogen-bond donors (Lipinski definition) is 2. The number of allylic oxidation sites excluding steroid dienone is 2. The molecule has 0 spiro atoms. The second-order valence-corrected chi connectivity index (χ2v) is 3.50. The first-order valence-electron chi connectivity index (χ1n) is 5.18. The van der Waals surface area contributed by atoms with E-state index in [-0.39, 0.29) is 11.3 Å². The first-order chi connectivity index (χ1) is 9.94. The highest BCUT2D eigenvalue weighted by Crippen LogP contribution is 2.24. The van der Waals surface area contributed by atoms with Crippen LogP contribution in [0.15, 0.2) is 29.5 Å². The minimum atomic E-state index is -1.39. The number of aromatic carboxylic acids is 1. The van der Waals surface area contributed by atoms with Gasteiger partial charge < -0.3 is 10.4 Å². The largest absolute Gasteiger partial charge is 0.478 e. The fourth-order valence-corrected chi connectivity index (χ4v) is 1.35. The van der Waals surface area contributed by atoms with Crippen molar-refractivity contribution >= 4 is 17.3 Å². The Morgan fingerprint density at radius 2 is 1.86 bits per heavy atom. The van der Waals surface area contributed by atoms with Gasteiger partial charge in [0.05, 0.1) is 16.2 Å². The van der Waals surface area contributed by atoms with Gasteiger partial charge in [0.2, 0.25) is 0 Å². The zero-order valence-corrected chi connectivity index (χ0v) is 10.2. The lowest BCUT2D eigenvalue weighted by Crippen LogP contribution is -2.07. The van der Waals surface area contributed by atoms with Crippen molar-refractivity contribution in [3.63, 3.8) is 0 Å². The second-order valence-electron chi connectivity index (χ2n) is 3.50. The number of anilines is 1. The zero-order valence-electron chi connectivity index (χ0n) is 10.2. The summed E-state index contributed by atoms with van der Waals surface area (Å²) in [4.78, 5) is 21.0. The van der Waals surface area contributed by atoms with Crippen LogP contribution in [0.25, 0.3) is 0 Å². The number of nitrogens with zero attached hydrogens (tertiary/aromatic N) is 4. The fourth-order valence-electron chi connectivity index (χ4n) is 1.35. The van der Waals surface area contributed by atoms with Crippen molar-refractivity contribution in [2.24, 2.45) is 0 Å². The predicted molar refractivity (Wildman–Crippen MR) is 67.5 cm³/mol. The first kappa shape index (κ1) is 15.2. The van der Waals surface area contributed by atoms with Gasteiger partial charge in [0, 0.05) is 12.1 Å². The lowest BCUT2D eigenvalue weighted by molar-refractivity contribution is -0.384. The third kappa shape index (κ3) is 3.31. The van der Waals surface area contributed by atoms with E-state index in [0.717, 1.165) is 18.2 Å². The van der Waals surface area contributed by atoms with E-state index in [0.29, 0.717) is 0 Å². The Bertz CT molecular complexity index is 760. The molecule has 21 heavy (non-hydrogen) atoms. The van der Waals surface area contributed by atoms with Crippen LogP contribution in [0.4, 0.5) is 11.4 Å². The van der Waals surface area contributed by atoms with Gasteiger partial charge in [-0.15, -0.1) is 0 Å². The van der Waals surface area contributed by atoms with Gasteiger partial charge >= 0.3 is 5.97 Å². The summed E-state index contributed by atoms with van der Waals surface area (Å²) in [5.74, 6) is -1.39. The molecule has 0 amide bonds. The second kappa shape index (κ2) is 6.32. The van der Waals surface area contributed by atoms with Crippen LogP contribution in [0.1, 0.15) is 10.4 Å². The number of hydrogen-bond acceptors (Lipinski definition) is 7. The Morgan fingerprint density at radius 3 is 2.29 bits per heavy atom. The molecule has 102 valence electrons. The molecule has 0 fully saturated rings. The summed E-state index contributed by atoms with van der Waals surface area (Å²) in [6, 6.07) is 7.31. The summed E-state index contributed by atoms with van der Waals surface area (Å²) in [5, 5.41) is 48.2. The Morgan fingerprint density at radius 1 is 1.24 bits per heavy atom. The normalized spacial score (nSPS) is 8.62. The fraction of sp³-hybridized carbons (Fsp3) is 0. The highest BCUT2D eigenvalue weighted by Gasteiger charge is 2.17. The van der Waals surface area contributed by atoms with Crippen LogP contribution < -0.4 is 5.32 Å². The minimum absolute atomic E-state index is 0.267. The van der Waals surface area contributed by atoms with Crippen LogP contribution in [0.2, 0.25) is 0 Å². The van der Waals surface area contributed by atoms with E-state index in [1.54, 1.807) is 0 Å². The Labute approximate surface area is 117 Å². The van der Waals surface area contributed by atoms with E-state index in [1.807, 2.05) is 0 Å². The number of non-ortho nitro benzene ring substituents is 1. The zero-order chi connectivity index (χ0) is 16.0. The summed E-state index contributed by atoms with van der Waals surface area (Å²) >= 11 is 0. The highest BCUT2D eigenvalue weighted by molar-refractivity contribution is 5.95. The van der Waals surface area contributed by atoms with Gasteiger partial charge in [-0.3, -0.25) is 10.1 Å². The SMILES string of the molecule is N#CC(C#N)=C(C#N)Nc1cc([N+](=O)[O-])ccc1C(=O)O. The molecule has 1 aromatic carbocycles. The third-order valence-corrected chi connectivity index (χ3v) is 2.29. The number of rotatable bonds is 4. The van der Waals surface area contributed by atoms with E-state index < -0.39 is 27.9 Å². The molecule has 0 bridgehead atoms. The van der Waals surface area contributed by atoms with E-state index >= 15 is 0 Å².